The normalized spacial score (nSPS) is 14.4. The average molecular weight is 409 g/mol. The highest BCUT2D eigenvalue weighted by atomic mass is 16.2. The van der Waals surface area contributed by atoms with E-state index in [1.807, 2.05) is 49.2 Å². The number of carbonyl (C=O) groups is 2. The van der Waals surface area contributed by atoms with Crippen molar-refractivity contribution in [1.82, 2.24) is 20.1 Å². The van der Waals surface area contributed by atoms with Crippen LogP contribution < -0.4 is 5.32 Å². The van der Waals surface area contributed by atoms with Crippen molar-refractivity contribution in [1.29, 1.82) is 0 Å². The summed E-state index contributed by atoms with van der Waals surface area (Å²) in [6.45, 7) is 4.88. The molecule has 3 rings (SSSR count). The van der Waals surface area contributed by atoms with E-state index in [0.29, 0.717) is 24.6 Å². The largest absolute Gasteiger partial charge is 0.341 e. The van der Waals surface area contributed by atoms with Crippen LogP contribution in [-0.2, 0) is 12.8 Å². The average Bonchev–Trinajstić information content (AvgIpc) is 2.79. The molecule has 6 heteroatoms. The number of likely N-dealkylation sites (N-methyl/N-ethyl adjacent to an activating group) is 1. The second-order valence-corrected chi connectivity index (χ2v) is 7.96. The van der Waals surface area contributed by atoms with Gasteiger partial charge in [-0.15, -0.1) is 0 Å². The molecule has 1 aliphatic rings. The van der Waals surface area contributed by atoms with Crippen molar-refractivity contribution >= 4 is 11.9 Å². The van der Waals surface area contributed by atoms with Crippen LogP contribution in [0.25, 0.3) is 0 Å². The maximum atomic E-state index is 12.7. The van der Waals surface area contributed by atoms with Crippen LogP contribution in [0.2, 0.25) is 0 Å². The van der Waals surface area contributed by atoms with E-state index in [-0.39, 0.29) is 11.9 Å². The maximum absolute atomic E-state index is 12.7. The number of rotatable bonds is 7. The number of piperidine rings is 1. The van der Waals surface area contributed by atoms with Crippen LogP contribution in [0.4, 0.5) is 4.79 Å². The van der Waals surface area contributed by atoms with E-state index in [2.05, 4.69) is 22.4 Å². The Bertz CT molecular complexity index is 815. The predicted octanol–water partition coefficient (Wildman–Crippen LogP) is 3.38. The molecule has 1 fully saturated rings. The molecule has 0 bridgehead atoms. The molecule has 1 aliphatic heterocycles. The number of nitrogens with one attached hydrogen (secondary N) is 1. The summed E-state index contributed by atoms with van der Waals surface area (Å²) in [5.41, 5.74) is 2.96. The topological polar surface area (TPSA) is 65.5 Å². The van der Waals surface area contributed by atoms with Crippen molar-refractivity contribution < 1.29 is 9.59 Å². The lowest BCUT2D eigenvalue weighted by Crippen LogP contribution is -2.44. The fourth-order valence-corrected chi connectivity index (χ4v) is 3.87. The molecule has 2 heterocycles. The van der Waals surface area contributed by atoms with Gasteiger partial charge in [0.25, 0.3) is 5.91 Å². The van der Waals surface area contributed by atoms with Gasteiger partial charge in [0.1, 0.15) is 0 Å². The molecule has 160 valence electrons. The Labute approximate surface area is 179 Å². The quantitative estimate of drug-likeness (QED) is 0.764. The van der Waals surface area contributed by atoms with Crippen LogP contribution in [0, 0.1) is 5.92 Å². The molecule has 30 heavy (non-hydrogen) atoms. The summed E-state index contributed by atoms with van der Waals surface area (Å²) < 4.78 is 0. The Hall–Kier alpha value is -2.89. The fourth-order valence-electron chi connectivity index (χ4n) is 3.87. The molecule has 1 aromatic heterocycles. The van der Waals surface area contributed by atoms with Gasteiger partial charge in [0.05, 0.1) is 0 Å². The van der Waals surface area contributed by atoms with Crippen LogP contribution in [0.5, 0.6) is 0 Å². The molecule has 0 radical (unpaired) electrons. The highest BCUT2D eigenvalue weighted by Gasteiger charge is 2.22. The lowest BCUT2D eigenvalue weighted by atomic mass is 9.90. The van der Waals surface area contributed by atoms with E-state index in [0.717, 1.165) is 44.5 Å². The smallest absolute Gasteiger partial charge is 0.317 e. The highest BCUT2D eigenvalue weighted by molar-refractivity contribution is 5.94. The number of likely N-dealkylation sites (tertiary alicyclic amines) is 1. The van der Waals surface area contributed by atoms with E-state index in [9.17, 15) is 9.59 Å². The molecule has 1 N–H and O–H groups in total. The Kier molecular flexibility index (Phi) is 7.82. The van der Waals surface area contributed by atoms with Crippen LogP contribution in [0.1, 0.15) is 41.4 Å². The lowest BCUT2D eigenvalue weighted by molar-refractivity contribution is 0.0796. The van der Waals surface area contributed by atoms with E-state index < -0.39 is 0 Å². The van der Waals surface area contributed by atoms with Gasteiger partial charge in [-0.05, 0) is 61.9 Å². The van der Waals surface area contributed by atoms with Crippen LogP contribution in [-0.4, -0.2) is 59.9 Å². The Morgan fingerprint density at radius 2 is 1.87 bits per heavy atom. The van der Waals surface area contributed by atoms with Crippen molar-refractivity contribution in [2.45, 2.75) is 32.6 Å². The Morgan fingerprint density at radius 3 is 2.50 bits per heavy atom. The molecule has 0 spiro atoms. The van der Waals surface area contributed by atoms with E-state index in [1.54, 1.807) is 11.1 Å². The lowest BCUT2D eigenvalue weighted by Gasteiger charge is -2.32. The highest BCUT2D eigenvalue weighted by Crippen LogP contribution is 2.22. The first kappa shape index (κ1) is 21.8. The number of pyridine rings is 1. The zero-order chi connectivity index (χ0) is 21.3. The minimum absolute atomic E-state index is 0.0349. The van der Waals surface area contributed by atoms with Gasteiger partial charge in [0.15, 0.2) is 0 Å². The van der Waals surface area contributed by atoms with Crippen molar-refractivity contribution in [2.24, 2.45) is 5.92 Å². The number of urea groups is 1. The molecule has 0 unspecified atom stereocenters. The van der Waals surface area contributed by atoms with Gasteiger partial charge in [-0.25, -0.2) is 4.79 Å². The summed E-state index contributed by atoms with van der Waals surface area (Å²) in [7, 11) is 1.83. The molecular formula is C24H32N4O2. The molecule has 1 saturated heterocycles. The summed E-state index contributed by atoms with van der Waals surface area (Å²) in [6.07, 6.45) is 5.56. The molecule has 0 aliphatic carbocycles. The first-order valence-electron chi connectivity index (χ1n) is 10.8. The molecule has 0 saturated carbocycles. The third-order valence-corrected chi connectivity index (χ3v) is 5.73. The summed E-state index contributed by atoms with van der Waals surface area (Å²) >= 11 is 0. The first-order chi connectivity index (χ1) is 14.6. The molecule has 6 nitrogen and oxygen atoms in total. The van der Waals surface area contributed by atoms with Gasteiger partial charge >= 0.3 is 6.03 Å². The number of benzene rings is 1. The summed E-state index contributed by atoms with van der Waals surface area (Å²) in [4.78, 5) is 32.6. The molecule has 1 aromatic carbocycles. The Balaban J connectivity index is 1.46. The van der Waals surface area contributed by atoms with Gasteiger partial charge in [-0.3, -0.25) is 9.78 Å². The summed E-state index contributed by atoms with van der Waals surface area (Å²) in [5.74, 6) is 0.617. The SMILES string of the molecule is CCNC(=O)N1CCC(Cc2ccc(C(=O)N(C)CCc3ccccn3)cc2)CC1. The number of amides is 3. The van der Waals surface area contributed by atoms with Crippen LogP contribution in [0.3, 0.4) is 0 Å². The minimum Gasteiger partial charge on any atom is -0.341 e. The zero-order valence-electron chi connectivity index (χ0n) is 18.0. The number of aromatic nitrogens is 1. The van der Waals surface area contributed by atoms with E-state index in [4.69, 9.17) is 0 Å². The molecule has 2 aromatic rings. The standard InChI is InChI=1S/C24H32N4O2/c1-3-25-24(30)28-16-11-20(12-17-28)18-19-7-9-21(10-8-19)23(29)27(2)15-13-22-6-4-5-14-26-22/h4-10,14,20H,3,11-13,15-18H2,1-2H3,(H,25,30). The molecular weight excluding hydrogens is 376 g/mol. The van der Waals surface area contributed by atoms with Gasteiger partial charge < -0.3 is 15.1 Å². The van der Waals surface area contributed by atoms with Gasteiger partial charge in [-0.1, -0.05) is 18.2 Å². The van der Waals surface area contributed by atoms with Crippen LogP contribution in [0.15, 0.2) is 48.7 Å². The first-order valence-corrected chi connectivity index (χ1v) is 10.8. The van der Waals surface area contributed by atoms with Crippen molar-refractivity contribution in [3.8, 4) is 0 Å². The van der Waals surface area contributed by atoms with E-state index >= 15 is 0 Å². The van der Waals surface area contributed by atoms with Crippen molar-refractivity contribution in [2.75, 3.05) is 33.2 Å². The summed E-state index contributed by atoms with van der Waals surface area (Å²) in [5, 5.41) is 2.87. The maximum Gasteiger partial charge on any atom is 0.317 e. The Morgan fingerprint density at radius 1 is 1.13 bits per heavy atom. The predicted molar refractivity (Wildman–Crippen MR) is 118 cm³/mol. The number of carbonyl (C=O) groups excluding carboxylic acids is 2. The number of nitrogens with zero attached hydrogens (tertiary/aromatic N) is 3. The van der Waals surface area contributed by atoms with Gasteiger partial charge in [-0.2, -0.15) is 0 Å². The van der Waals surface area contributed by atoms with Crippen molar-refractivity contribution in [3.63, 3.8) is 0 Å². The molecule has 0 atom stereocenters. The third-order valence-electron chi connectivity index (χ3n) is 5.73. The summed E-state index contributed by atoms with van der Waals surface area (Å²) in [6, 6.07) is 13.9. The third kappa shape index (κ3) is 6.05. The van der Waals surface area contributed by atoms with Gasteiger partial charge in [0.2, 0.25) is 0 Å². The molecule has 3 amide bonds. The van der Waals surface area contributed by atoms with Gasteiger partial charge in [0, 0.05) is 57.1 Å². The minimum atomic E-state index is 0.0349. The fraction of sp³-hybridized carbons (Fsp3) is 0.458. The van der Waals surface area contributed by atoms with E-state index in [1.165, 1.54) is 5.56 Å². The number of hydrogen-bond acceptors (Lipinski definition) is 3. The second kappa shape index (κ2) is 10.8. The zero-order valence-corrected chi connectivity index (χ0v) is 18.0. The van der Waals surface area contributed by atoms with Crippen LogP contribution >= 0.6 is 0 Å². The monoisotopic (exact) mass is 408 g/mol. The van der Waals surface area contributed by atoms with Crippen molar-refractivity contribution in [3.05, 3.63) is 65.5 Å². The second-order valence-electron chi connectivity index (χ2n) is 7.96. The number of hydrogen-bond donors (Lipinski definition) is 1.